The summed E-state index contributed by atoms with van der Waals surface area (Å²) in [5.41, 5.74) is 2.95. The molecule has 0 aliphatic heterocycles. The van der Waals surface area contributed by atoms with Crippen molar-refractivity contribution in [3.05, 3.63) is 105 Å². The highest BCUT2D eigenvalue weighted by molar-refractivity contribution is 9.10. The molecule has 35 heavy (non-hydrogen) atoms. The van der Waals surface area contributed by atoms with E-state index in [0.717, 1.165) is 21.2 Å². The van der Waals surface area contributed by atoms with E-state index in [1.54, 1.807) is 4.90 Å². The van der Waals surface area contributed by atoms with E-state index in [9.17, 15) is 9.59 Å². The molecule has 1 N–H and O–H groups in total. The first-order chi connectivity index (χ1) is 16.8. The molecule has 0 unspecified atom stereocenters. The molecule has 0 saturated heterocycles. The first kappa shape index (κ1) is 27.3. The van der Waals surface area contributed by atoms with Crippen molar-refractivity contribution >= 4 is 51.1 Å². The van der Waals surface area contributed by atoms with Gasteiger partial charge in [-0.05, 0) is 48.7 Å². The van der Waals surface area contributed by atoms with Crippen LogP contribution in [-0.4, -0.2) is 34.6 Å². The van der Waals surface area contributed by atoms with Crippen molar-refractivity contribution in [1.29, 1.82) is 0 Å². The predicted octanol–water partition coefficient (Wildman–Crippen LogP) is 6.50. The summed E-state index contributed by atoms with van der Waals surface area (Å²) in [6, 6.07) is 24.7. The molecule has 0 aliphatic carbocycles. The number of halogens is 2. The molecular weight excluding hydrogens is 544 g/mol. The van der Waals surface area contributed by atoms with Crippen LogP contribution in [0.4, 0.5) is 0 Å². The third kappa shape index (κ3) is 8.71. The van der Waals surface area contributed by atoms with Crippen LogP contribution < -0.4 is 5.32 Å². The maximum Gasteiger partial charge on any atom is 0.243 e. The second kappa shape index (κ2) is 13.7. The van der Waals surface area contributed by atoms with Crippen LogP contribution in [-0.2, 0) is 28.3 Å². The molecule has 0 saturated carbocycles. The number of amides is 2. The number of nitrogens with one attached hydrogen (secondary N) is 1. The lowest BCUT2D eigenvalue weighted by atomic mass is 10.0. The Morgan fingerprint density at radius 1 is 0.971 bits per heavy atom. The van der Waals surface area contributed by atoms with E-state index in [2.05, 4.69) is 21.2 Å². The van der Waals surface area contributed by atoms with E-state index in [0.29, 0.717) is 23.7 Å². The predicted molar refractivity (Wildman–Crippen MR) is 150 cm³/mol. The molecule has 2 amide bonds. The lowest BCUT2D eigenvalue weighted by Gasteiger charge is -2.32. The van der Waals surface area contributed by atoms with Crippen LogP contribution in [0.5, 0.6) is 0 Å². The van der Waals surface area contributed by atoms with Crippen LogP contribution >= 0.6 is 39.3 Å². The maximum absolute atomic E-state index is 13.6. The Kier molecular flexibility index (Phi) is 10.7. The van der Waals surface area contributed by atoms with Crippen LogP contribution in [0, 0.1) is 0 Å². The number of nitrogens with zero attached hydrogens (tertiary/aromatic N) is 1. The van der Waals surface area contributed by atoms with Gasteiger partial charge in [0.15, 0.2) is 0 Å². The smallest absolute Gasteiger partial charge is 0.243 e. The summed E-state index contributed by atoms with van der Waals surface area (Å²) in [6.07, 6.45) is 0.439. The number of carbonyl (C=O) groups excluding carboxylic acids is 2. The Morgan fingerprint density at radius 3 is 2.34 bits per heavy atom. The van der Waals surface area contributed by atoms with Gasteiger partial charge in [-0.25, -0.2) is 0 Å². The van der Waals surface area contributed by atoms with E-state index >= 15 is 0 Å². The number of rotatable bonds is 11. The van der Waals surface area contributed by atoms with Gasteiger partial charge in [-0.2, -0.15) is 0 Å². The summed E-state index contributed by atoms with van der Waals surface area (Å²) < 4.78 is 0.932. The maximum atomic E-state index is 13.6. The van der Waals surface area contributed by atoms with E-state index in [1.807, 2.05) is 92.7 Å². The molecule has 184 valence electrons. The normalized spacial score (nSPS) is 11.8. The van der Waals surface area contributed by atoms with E-state index in [-0.39, 0.29) is 23.6 Å². The minimum atomic E-state index is -0.632. The van der Waals surface area contributed by atoms with Gasteiger partial charge in [-0.3, -0.25) is 9.59 Å². The largest absolute Gasteiger partial charge is 0.352 e. The fraction of sp³-hybridized carbons (Fsp3) is 0.286. The van der Waals surface area contributed by atoms with Crippen molar-refractivity contribution in [2.75, 3.05) is 5.75 Å². The molecule has 0 spiro atoms. The van der Waals surface area contributed by atoms with Crippen LogP contribution in [0.25, 0.3) is 0 Å². The molecule has 4 nitrogen and oxygen atoms in total. The van der Waals surface area contributed by atoms with Crippen molar-refractivity contribution in [3.8, 4) is 0 Å². The zero-order valence-corrected chi connectivity index (χ0v) is 23.1. The molecule has 0 aromatic heterocycles. The minimum absolute atomic E-state index is 0.0295. The SMILES string of the molecule is CC(C)NC(=O)[C@@H](Cc1ccccc1)N(Cc1cccc(Br)c1)C(=O)CSCc1ccccc1Cl. The Bertz CT molecular complexity index is 1130. The van der Waals surface area contributed by atoms with Crippen molar-refractivity contribution in [1.82, 2.24) is 10.2 Å². The van der Waals surface area contributed by atoms with Crippen molar-refractivity contribution in [2.45, 2.75) is 44.6 Å². The van der Waals surface area contributed by atoms with E-state index in [4.69, 9.17) is 11.6 Å². The van der Waals surface area contributed by atoms with Gasteiger partial charge in [0.2, 0.25) is 11.8 Å². The van der Waals surface area contributed by atoms with Gasteiger partial charge in [0, 0.05) is 34.3 Å². The number of hydrogen-bond acceptors (Lipinski definition) is 3. The minimum Gasteiger partial charge on any atom is -0.352 e. The highest BCUT2D eigenvalue weighted by Crippen LogP contribution is 2.23. The molecule has 3 aromatic carbocycles. The topological polar surface area (TPSA) is 49.4 Å². The summed E-state index contributed by atoms with van der Waals surface area (Å²) in [5, 5.41) is 3.71. The lowest BCUT2D eigenvalue weighted by molar-refractivity contribution is -0.139. The van der Waals surface area contributed by atoms with E-state index in [1.165, 1.54) is 11.8 Å². The molecule has 3 aromatic rings. The monoisotopic (exact) mass is 572 g/mol. The molecule has 0 bridgehead atoms. The van der Waals surface area contributed by atoms with Crippen LogP contribution in [0.3, 0.4) is 0 Å². The number of hydrogen-bond donors (Lipinski definition) is 1. The average Bonchev–Trinajstić information content (AvgIpc) is 2.82. The van der Waals surface area contributed by atoms with Gasteiger partial charge in [0.1, 0.15) is 6.04 Å². The zero-order chi connectivity index (χ0) is 25.2. The van der Waals surface area contributed by atoms with Crippen molar-refractivity contribution < 1.29 is 9.59 Å². The van der Waals surface area contributed by atoms with Gasteiger partial charge in [-0.1, -0.05) is 88.2 Å². The third-order valence-corrected chi connectivity index (χ3v) is 7.21. The van der Waals surface area contributed by atoms with Crippen LogP contribution in [0.1, 0.15) is 30.5 Å². The first-order valence-electron chi connectivity index (χ1n) is 11.5. The Balaban J connectivity index is 1.85. The quantitative estimate of drug-likeness (QED) is 0.285. The first-order valence-corrected chi connectivity index (χ1v) is 13.9. The molecule has 0 fully saturated rings. The highest BCUT2D eigenvalue weighted by atomic mass is 79.9. The van der Waals surface area contributed by atoms with Crippen molar-refractivity contribution in [3.63, 3.8) is 0 Å². The second-order valence-corrected chi connectivity index (χ2v) is 10.9. The Labute approximate surface area is 225 Å². The van der Waals surface area contributed by atoms with E-state index < -0.39 is 6.04 Å². The van der Waals surface area contributed by atoms with Crippen LogP contribution in [0.2, 0.25) is 5.02 Å². The Hall–Kier alpha value is -2.28. The zero-order valence-electron chi connectivity index (χ0n) is 19.9. The van der Waals surface area contributed by atoms with Crippen LogP contribution in [0.15, 0.2) is 83.3 Å². The number of thioether (sulfide) groups is 1. The molecule has 0 radical (unpaired) electrons. The molecular formula is C28H30BrClN2O2S. The standard InChI is InChI=1S/C28H30BrClN2O2S/c1-20(2)31-28(34)26(16-21-9-4-3-5-10-21)32(17-22-11-8-13-24(29)15-22)27(33)19-35-18-23-12-6-7-14-25(23)30/h3-15,20,26H,16-19H2,1-2H3,(H,31,34)/t26-/m1/s1. The van der Waals surface area contributed by atoms with Gasteiger partial charge in [0.05, 0.1) is 5.75 Å². The molecule has 7 heteroatoms. The molecule has 0 aliphatic rings. The van der Waals surface area contributed by atoms with Crippen molar-refractivity contribution in [2.24, 2.45) is 0 Å². The average molecular weight is 574 g/mol. The van der Waals surface area contributed by atoms with Gasteiger partial charge in [-0.15, -0.1) is 11.8 Å². The van der Waals surface area contributed by atoms with Gasteiger partial charge < -0.3 is 10.2 Å². The molecule has 3 rings (SSSR count). The van der Waals surface area contributed by atoms with Gasteiger partial charge in [0.25, 0.3) is 0 Å². The third-order valence-electron chi connectivity index (χ3n) is 5.38. The summed E-state index contributed by atoms with van der Waals surface area (Å²) in [5.74, 6) is 0.641. The summed E-state index contributed by atoms with van der Waals surface area (Å²) in [4.78, 5) is 28.7. The Morgan fingerprint density at radius 2 is 1.66 bits per heavy atom. The summed E-state index contributed by atoms with van der Waals surface area (Å²) in [6.45, 7) is 4.20. The molecule has 1 atom stereocenters. The van der Waals surface area contributed by atoms with Gasteiger partial charge >= 0.3 is 0 Å². The molecule has 0 heterocycles. The summed E-state index contributed by atoms with van der Waals surface area (Å²) >= 11 is 11.3. The number of benzene rings is 3. The fourth-order valence-electron chi connectivity index (χ4n) is 3.71. The number of carbonyl (C=O) groups is 2. The second-order valence-electron chi connectivity index (χ2n) is 8.60. The summed E-state index contributed by atoms with van der Waals surface area (Å²) in [7, 11) is 0. The highest BCUT2D eigenvalue weighted by Gasteiger charge is 2.30. The lowest BCUT2D eigenvalue weighted by Crippen LogP contribution is -2.52. The fourth-order valence-corrected chi connectivity index (χ4v) is 5.36.